The van der Waals surface area contributed by atoms with Crippen LogP contribution < -0.4 is 0 Å². The monoisotopic (exact) mass is 205 g/mol. The Morgan fingerprint density at radius 3 is 2.80 bits per heavy atom. The third-order valence-corrected chi connectivity index (χ3v) is 3.81. The molecule has 1 fully saturated rings. The molecule has 0 radical (unpaired) electrons. The van der Waals surface area contributed by atoms with Crippen LogP contribution >= 0.6 is 0 Å². The molecule has 0 spiro atoms. The highest BCUT2D eigenvalue weighted by Gasteiger charge is 2.51. The van der Waals surface area contributed by atoms with Crippen molar-refractivity contribution in [1.82, 2.24) is 0 Å². The van der Waals surface area contributed by atoms with Gasteiger partial charge in [0.1, 0.15) is 0 Å². The van der Waals surface area contributed by atoms with Gasteiger partial charge < -0.3 is 10.3 Å². The third-order valence-electron chi connectivity index (χ3n) is 3.81. The first-order valence-corrected chi connectivity index (χ1v) is 5.08. The number of carbonyl (C=O) groups is 1. The maximum Gasteiger partial charge on any atom is 0.337 e. The van der Waals surface area contributed by atoms with Gasteiger partial charge in [-0.1, -0.05) is 23.4 Å². The minimum Gasteiger partial charge on any atom is -0.478 e. The van der Waals surface area contributed by atoms with Crippen molar-refractivity contribution in [3.05, 3.63) is 23.8 Å². The number of carboxylic acids is 1. The van der Waals surface area contributed by atoms with Gasteiger partial charge in [-0.15, -0.1) is 0 Å². The molecule has 3 aliphatic carbocycles. The molecule has 4 unspecified atom stereocenters. The first-order valence-electron chi connectivity index (χ1n) is 5.08. The highest BCUT2D eigenvalue weighted by Crippen LogP contribution is 2.53. The van der Waals surface area contributed by atoms with E-state index in [0.29, 0.717) is 17.5 Å². The summed E-state index contributed by atoms with van der Waals surface area (Å²) in [5.41, 5.74) is 0.551. The van der Waals surface area contributed by atoms with Crippen LogP contribution in [0.4, 0.5) is 0 Å². The van der Waals surface area contributed by atoms with E-state index in [-0.39, 0.29) is 17.4 Å². The lowest BCUT2D eigenvalue weighted by atomic mass is 9.84. The smallest absolute Gasteiger partial charge is 0.337 e. The molecule has 2 bridgehead atoms. The van der Waals surface area contributed by atoms with Gasteiger partial charge in [0, 0.05) is 5.92 Å². The summed E-state index contributed by atoms with van der Waals surface area (Å²) in [6, 6.07) is 0. The van der Waals surface area contributed by atoms with Gasteiger partial charge in [-0.3, -0.25) is 0 Å². The second-order valence-electron chi connectivity index (χ2n) is 4.42. The minimum atomic E-state index is -0.989. The molecule has 3 rings (SSSR count). The van der Waals surface area contributed by atoms with Crippen LogP contribution in [0.25, 0.3) is 0 Å². The first-order chi connectivity index (χ1) is 7.22. The number of nitrogens with zero attached hydrogens (tertiary/aromatic N) is 1. The van der Waals surface area contributed by atoms with Gasteiger partial charge in [0.05, 0.1) is 11.3 Å². The molecule has 15 heavy (non-hydrogen) atoms. The molecule has 0 saturated heterocycles. The van der Waals surface area contributed by atoms with E-state index in [2.05, 4.69) is 17.3 Å². The molecule has 0 aromatic carbocycles. The summed E-state index contributed by atoms with van der Waals surface area (Å²) in [5.74, 6) is 0.136. The van der Waals surface area contributed by atoms with Crippen LogP contribution in [-0.2, 0) is 4.79 Å². The molecule has 4 nitrogen and oxygen atoms in total. The Morgan fingerprint density at radius 1 is 1.40 bits per heavy atom. The van der Waals surface area contributed by atoms with Gasteiger partial charge in [-0.05, 0) is 24.2 Å². The van der Waals surface area contributed by atoms with Crippen molar-refractivity contribution in [1.29, 1.82) is 0 Å². The van der Waals surface area contributed by atoms with Crippen LogP contribution in [0.15, 0.2) is 29.0 Å². The minimum absolute atomic E-state index is 0.0936. The average Bonchev–Trinajstić information content (AvgIpc) is 2.87. The molecular formula is C11H11NO3. The van der Waals surface area contributed by atoms with Gasteiger partial charge in [0.2, 0.25) is 0 Å². The lowest BCUT2D eigenvalue weighted by molar-refractivity contribution is -0.132. The summed E-state index contributed by atoms with van der Waals surface area (Å²) in [7, 11) is 0. The zero-order valence-corrected chi connectivity index (χ0v) is 8.00. The van der Waals surface area contributed by atoms with Crippen molar-refractivity contribution >= 4 is 11.7 Å². The van der Waals surface area contributed by atoms with Gasteiger partial charge in [-0.25, -0.2) is 4.79 Å². The molecule has 0 aromatic heterocycles. The second kappa shape index (κ2) is 2.72. The van der Waals surface area contributed by atoms with E-state index in [1.807, 2.05) is 0 Å². The molecular weight excluding hydrogens is 194 g/mol. The predicted molar refractivity (Wildman–Crippen MR) is 52.7 cm³/mol. The molecule has 2 N–H and O–H groups in total. The Kier molecular flexibility index (Phi) is 1.58. The van der Waals surface area contributed by atoms with Crippen LogP contribution in [0.2, 0.25) is 0 Å². The van der Waals surface area contributed by atoms with E-state index in [1.165, 1.54) is 0 Å². The van der Waals surface area contributed by atoms with Crippen molar-refractivity contribution in [2.24, 2.45) is 28.8 Å². The number of allylic oxidation sites excluding steroid dienone is 3. The lowest BCUT2D eigenvalue weighted by Gasteiger charge is -2.19. The van der Waals surface area contributed by atoms with E-state index < -0.39 is 5.97 Å². The van der Waals surface area contributed by atoms with E-state index in [0.717, 1.165) is 6.42 Å². The fourth-order valence-electron chi connectivity index (χ4n) is 3.23. The predicted octanol–water partition coefficient (Wildman–Crippen LogP) is 1.28. The summed E-state index contributed by atoms with van der Waals surface area (Å²) in [6.45, 7) is 0. The fraction of sp³-hybridized carbons (Fsp3) is 0.455. The Hall–Kier alpha value is -1.58. The van der Waals surface area contributed by atoms with Gasteiger partial charge >= 0.3 is 5.97 Å². The van der Waals surface area contributed by atoms with E-state index in [4.69, 9.17) is 10.3 Å². The Balaban J connectivity index is 2.05. The van der Waals surface area contributed by atoms with Crippen molar-refractivity contribution < 1.29 is 15.1 Å². The normalized spacial score (nSPS) is 43.5. The summed E-state index contributed by atoms with van der Waals surface area (Å²) in [5, 5.41) is 21.1. The molecule has 0 aliphatic heterocycles. The maximum atomic E-state index is 11.0. The number of carboxylic acid groups (broad SMARTS) is 1. The standard InChI is InChI=1S/C11H11NO3/c13-11(14)8-4-7-5-1-2-6(3-5)9(7)10(8)12-15/h1-2,4-7,9,15H,3H2,(H,13,14)/b12-10+. The number of hydrogen-bond donors (Lipinski definition) is 2. The fourth-order valence-corrected chi connectivity index (χ4v) is 3.23. The van der Waals surface area contributed by atoms with Crippen LogP contribution in [0, 0.1) is 23.7 Å². The lowest BCUT2D eigenvalue weighted by Crippen LogP contribution is -2.23. The quantitative estimate of drug-likeness (QED) is 0.385. The average molecular weight is 205 g/mol. The second-order valence-corrected chi connectivity index (χ2v) is 4.42. The highest BCUT2D eigenvalue weighted by atomic mass is 16.4. The summed E-state index contributed by atoms with van der Waals surface area (Å²) < 4.78 is 0. The Bertz CT molecular complexity index is 422. The van der Waals surface area contributed by atoms with Gasteiger partial charge in [0.25, 0.3) is 0 Å². The van der Waals surface area contributed by atoms with Crippen LogP contribution in [-0.4, -0.2) is 22.0 Å². The van der Waals surface area contributed by atoms with Crippen LogP contribution in [0.3, 0.4) is 0 Å². The maximum absolute atomic E-state index is 11.0. The summed E-state index contributed by atoms with van der Waals surface area (Å²) >= 11 is 0. The van der Waals surface area contributed by atoms with Crippen molar-refractivity contribution in [3.8, 4) is 0 Å². The van der Waals surface area contributed by atoms with Gasteiger partial charge in [0.15, 0.2) is 0 Å². The van der Waals surface area contributed by atoms with E-state index in [1.54, 1.807) is 6.08 Å². The molecule has 0 heterocycles. The SMILES string of the molecule is O=C(O)C1=CC2C3C=CC(C3)C2/C1=N/O. The van der Waals surface area contributed by atoms with Gasteiger partial charge in [-0.2, -0.15) is 0 Å². The number of fused-ring (bicyclic) bond motifs is 5. The Morgan fingerprint density at radius 2 is 2.13 bits per heavy atom. The Labute approximate surface area is 86.6 Å². The van der Waals surface area contributed by atoms with E-state index in [9.17, 15) is 4.79 Å². The third kappa shape index (κ3) is 0.963. The molecule has 4 heteroatoms. The molecule has 3 aliphatic rings. The van der Waals surface area contributed by atoms with Crippen LogP contribution in [0.5, 0.6) is 0 Å². The molecule has 1 saturated carbocycles. The number of hydrogen-bond acceptors (Lipinski definition) is 3. The number of aliphatic carboxylic acids is 1. The summed E-state index contributed by atoms with van der Waals surface area (Å²) in [4.78, 5) is 11.0. The highest BCUT2D eigenvalue weighted by molar-refractivity contribution is 6.22. The van der Waals surface area contributed by atoms with Crippen molar-refractivity contribution in [2.45, 2.75) is 6.42 Å². The van der Waals surface area contributed by atoms with Crippen molar-refractivity contribution in [3.63, 3.8) is 0 Å². The molecule has 0 aromatic rings. The van der Waals surface area contributed by atoms with E-state index >= 15 is 0 Å². The summed E-state index contributed by atoms with van der Waals surface area (Å²) in [6.07, 6.45) is 7.10. The molecule has 0 amide bonds. The largest absolute Gasteiger partial charge is 0.478 e. The molecule has 4 atom stereocenters. The molecule has 78 valence electrons. The zero-order valence-electron chi connectivity index (χ0n) is 8.00. The topological polar surface area (TPSA) is 69.9 Å². The number of oxime groups is 1. The van der Waals surface area contributed by atoms with Crippen molar-refractivity contribution in [2.75, 3.05) is 0 Å². The first kappa shape index (κ1) is 8.71. The zero-order chi connectivity index (χ0) is 10.6. The van der Waals surface area contributed by atoms with Crippen LogP contribution in [0.1, 0.15) is 6.42 Å². The number of rotatable bonds is 1.